The summed E-state index contributed by atoms with van der Waals surface area (Å²) < 4.78 is 5.49. The van der Waals surface area contributed by atoms with Crippen molar-refractivity contribution in [2.24, 2.45) is 0 Å². The summed E-state index contributed by atoms with van der Waals surface area (Å²) in [6, 6.07) is 17.3. The van der Waals surface area contributed by atoms with E-state index in [4.69, 9.17) is 4.74 Å². The number of hydrogen-bond acceptors (Lipinski definition) is 7. The Labute approximate surface area is 214 Å². The summed E-state index contributed by atoms with van der Waals surface area (Å²) in [5, 5.41) is 3.68. The van der Waals surface area contributed by atoms with E-state index in [-0.39, 0.29) is 5.56 Å². The van der Waals surface area contributed by atoms with Gasteiger partial charge in [-0.05, 0) is 56.8 Å². The fourth-order valence-electron chi connectivity index (χ4n) is 4.86. The van der Waals surface area contributed by atoms with E-state index in [1.165, 1.54) is 44.8 Å². The third-order valence-corrected chi connectivity index (χ3v) is 9.34. The molecule has 0 amide bonds. The van der Waals surface area contributed by atoms with Crippen LogP contribution in [0, 0.1) is 0 Å². The Morgan fingerprint density at radius 1 is 1.00 bits per heavy atom. The van der Waals surface area contributed by atoms with Gasteiger partial charge in [-0.15, -0.1) is 0 Å². The lowest BCUT2D eigenvalue weighted by Crippen LogP contribution is -2.43. The van der Waals surface area contributed by atoms with Crippen LogP contribution in [-0.2, 0) is 4.74 Å². The van der Waals surface area contributed by atoms with E-state index in [2.05, 4.69) is 69.5 Å². The summed E-state index contributed by atoms with van der Waals surface area (Å²) >= 11 is 3.60. The number of hydrogen-bond donors (Lipinski definition) is 2. The Kier molecular flexibility index (Phi) is 6.54. The maximum absolute atomic E-state index is 12.6. The molecule has 3 aliphatic rings. The van der Waals surface area contributed by atoms with Crippen molar-refractivity contribution in [3.8, 4) is 11.3 Å². The smallest absolute Gasteiger partial charge is 0.250 e. The van der Waals surface area contributed by atoms with Gasteiger partial charge in [0.05, 0.1) is 18.9 Å². The summed E-state index contributed by atoms with van der Waals surface area (Å²) in [4.78, 5) is 25.3. The lowest BCUT2D eigenvalue weighted by atomic mass is 10.1. The van der Waals surface area contributed by atoms with E-state index in [9.17, 15) is 4.79 Å². The second-order valence-corrected chi connectivity index (χ2v) is 11.5. The molecule has 6 nitrogen and oxygen atoms in total. The van der Waals surface area contributed by atoms with Crippen molar-refractivity contribution in [2.75, 3.05) is 56.2 Å². The number of ether oxygens (including phenoxy) is 1. The molecule has 6 rings (SSSR count). The number of pyridine rings is 1. The monoisotopic (exact) mass is 506 g/mol. The van der Waals surface area contributed by atoms with Crippen molar-refractivity contribution < 1.29 is 4.74 Å². The highest BCUT2D eigenvalue weighted by Crippen LogP contribution is 2.52. The molecule has 0 saturated carbocycles. The van der Waals surface area contributed by atoms with Crippen LogP contribution in [-0.4, -0.2) is 61.9 Å². The quantitative estimate of drug-likeness (QED) is 0.382. The first-order chi connectivity index (χ1) is 17.1. The highest BCUT2D eigenvalue weighted by atomic mass is 32.2. The highest BCUT2D eigenvalue weighted by Gasteiger charge is 2.23. The summed E-state index contributed by atoms with van der Waals surface area (Å²) in [6.07, 6.45) is 1.33. The minimum Gasteiger partial charge on any atom is -0.381 e. The molecule has 1 unspecified atom stereocenters. The van der Waals surface area contributed by atoms with Gasteiger partial charge >= 0.3 is 0 Å². The van der Waals surface area contributed by atoms with Gasteiger partial charge in [-0.3, -0.25) is 4.79 Å². The molecule has 4 heterocycles. The lowest BCUT2D eigenvalue weighted by Gasteiger charge is -2.33. The average Bonchev–Trinajstić information content (AvgIpc) is 2.85. The van der Waals surface area contributed by atoms with Crippen LogP contribution in [0.5, 0.6) is 0 Å². The van der Waals surface area contributed by atoms with Crippen molar-refractivity contribution >= 4 is 34.9 Å². The second-order valence-electron chi connectivity index (χ2n) is 9.41. The fraction of sp³-hybridized carbons (Fsp3) is 0.370. The van der Waals surface area contributed by atoms with Gasteiger partial charge in [-0.25, -0.2) is 0 Å². The van der Waals surface area contributed by atoms with Gasteiger partial charge in [-0.1, -0.05) is 35.7 Å². The molecule has 3 aliphatic heterocycles. The van der Waals surface area contributed by atoms with Gasteiger partial charge in [0.1, 0.15) is 0 Å². The number of aromatic nitrogens is 1. The van der Waals surface area contributed by atoms with Crippen LogP contribution < -0.4 is 15.8 Å². The molecule has 8 heteroatoms. The summed E-state index contributed by atoms with van der Waals surface area (Å²) in [5.74, 6) is 0. The third kappa shape index (κ3) is 4.98. The number of benzene rings is 2. The minimum atomic E-state index is -0.0708. The Balaban J connectivity index is 1.26. The van der Waals surface area contributed by atoms with Gasteiger partial charge < -0.3 is 24.8 Å². The maximum atomic E-state index is 12.6. The van der Waals surface area contributed by atoms with Crippen LogP contribution >= 0.6 is 23.5 Å². The molecule has 2 saturated heterocycles. The van der Waals surface area contributed by atoms with Crippen molar-refractivity contribution in [1.82, 2.24) is 9.88 Å². The average molecular weight is 507 g/mol. The number of rotatable bonds is 6. The lowest BCUT2D eigenvalue weighted by molar-refractivity contribution is 0.122. The van der Waals surface area contributed by atoms with Crippen LogP contribution in [0.3, 0.4) is 0 Å². The maximum Gasteiger partial charge on any atom is 0.250 e. The standard InChI is InChI=1S/C27H30N4O2S2/c1-18(17-30-8-3-9-30)28-19-6-7-23-25(14-19)34-24-5-2-4-21(27(24)35-23)22-15-20(16-26(32)29-22)31-10-12-33-13-11-31/h2,4-7,14-16,18,28H,3,8-13,17H2,1H3,(H,29,32). The molecule has 35 heavy (non-hydrogen) atoms. The number of nitrogens with one attached hydrogen (secondary N) is 2. The molecule has 1 aromatic heterocycles. The first-order valence-corrected chi connectivity index (χ1v) is 13.9. The van der Waals surface area contributed by atoms with Crippen LogP contribution in [0.4, 0.5) is 11.4 Å². The second kappa shape index (κ2) is 9.93. The van der Waals surface area contributed by atoms with Crippen LogP contribution in [0.2, 0.25) is 0 Å². The molecule has 0 spiro atoms. The summed E-state index contributed by atoms with van der Waals surface area (Å²) in [5.41, 5.74) is 4.00. The van der Waals surface area contributed by atoms with Gasteiger partial charge in [0, 0.05) is 68.3 Å². The molecule has 0 radical (unpaired) electrons. The van der Waals surface area contributed by atoms with Crippen molar-refractivity contribution in [2.45, 2.75) is 39.0 Å². The van der Waals surface area contributed by atoms with E-state index in [0.29, 0.717) is 19.3 Å². The SMILES string of the molecule is CC(CN1CCC1)Nc1ccc2c(c1)Sc1cccc(-c3cc(N4CCOCC4)cc(=O)[nH]3)c1S2. The number of anilines is 2. The number of fused-ring (bicyclic) bond motifs is 2. The normalized spacial score (nSPS) is 18.4. The van der Waals surface area contributed by atoms with Crippen LogP contribution in [0.25, 0.3) is 11.3 Å². The Morgan fingerprint density at radius 2 is 1.86 bits per heavy atom. The highest BCUT2D eigenvalue weighted by molar-refractivity contribution is 8.05. The molecule has 0 bridgehead atoms. The van der Waals surface area contributed by atoms with Gasteiger partial charge in [-0.2, -0.15) is 0 Å². The van der Waals surface area contributed by atoms with Crippen LogP contribution in [0.15, 0.2) is 72.9 Å². The van der Waals surface area contributed by atoms with Gasteiger partial charge in [0.2, 0.25) is 5.56 Å². The Bertz CT molecular complexity index is 1280. The number of likely N-dealkylation sites (tertiary alicyclic amines) is 1. The number of nitrogens with zero attached hydrogens (tertiary/aromatic N) is 2. The van der Waals surface area contributed by atoms with Crippen molar-refractivity contribution in [3.63, 3.8) is 0 Å². The van der Waals surface area contributed by atoms with E-state index < -0.39 is 0 Å². The Morgan fingerprint density at radius 3 is 2.66 bits per heavy atom. The zero-order valence-corrected chi connectivity index (χ0v) is 21.5. The predicted octanol–water partition coefficient (Wildman–Crippen LogP) is 5.00. The number of aromatic amines is 1. The van der Waals surface area contributed by atoms with E-state index in [1.54, 1.807) is 17.8 Å². The predicted molar refractivity (Wildman–Crippen MR) is 144 cm³/mol. The van der Waals surface area contributed by atoms with Crippen LogP contribution in [0.1, 0.15) is 13.3 Å². The first-order valence-electron chi connectivity index (χ1n) is 12.3. The molecular weight excluding hydrogens is 476 g/mol. The van der Waals surface area contributed by atoms with Gasteiger partial charge in [0.25, 0.3) is 0 Å². The number of H-pyrrole nitrogens is 1. The van der Waals surface area contributed by atoms with E-state index in [1.807, 2.05) is 11.8 Å². The van der Waals surface area contributed by atoms with E-state index in [0.717, 1.165) is 36.6 Å². The molecule has 1 atom stereocenters. The third-order valence-electron chi connectivity index (χ3n) is 6.74. The zero-order chi connectivity index (χ0) is 23.8. The van der Waals surface area contributed by atoms with Crippen molar-refractivity contribution in [3.05, 3.63) is 58.9 Å². The molecule has 2 fully saturated rings. The molecule has 182 valence electrons. The zero-order valence-electron chi connectivity index (χ0n) is 19.9. The number of morpholine rings is 1. The van der Waals surface area contributed by atoms with E-state index >= 15 is 0 Å². The topological polar surface area (TPSA) is 60.6 Å². The molecular formula is C27H30N4O2S2. The largest absolute Gasteiger partial charge is 0.381 e. The summed E-state index contributed by atoms with van der Waals surface area (Å²) in [6.45, 7) is 8.80. The Hall–Kier alpha value is -2.39. The molecule has 0 aliphatic carbocycles. The fourth-order valence-corrected chi connectivity index (χ4v) is 7.28. The minimum absolute atomic E-state index is 0.0708. The first kappa shape index (κ1) is 23.0. The van der Waals surface area contributed by atoms with Crippen molar-refractivity contribution in [1.29, 1.82) is 0 Å². The molecule has 2 aromatic carbocycles. The summed E-state index contributed by atoms with van der Waals surface area (Å²) in [7, 11) is 0. The molecule has 2 N–H and O–H groups in total. The van der Waals surface area contributed by atoms with Gasteiger partial charge in [0.15, 0.2) is 0 Å². The molecule has 3 aromatic rings.